The standard InChI is InChI=1S/C22H24F3N3O2/c1-12(2)8-20(21(29)26-13(3)17-6-4-16(24)10-18(17)25)28-11-14-9-15(23)5-7-19(14)27-22(28)30/h4-7,9-10,12-13,20H,8,11H2,1-3H3,(H,26,29)(H,27,30)/t13-,20-/m1/s1. The predicted octanol–water partition coefficient (Wildman–Crippen LogP) is 4.74. The topological polar surface area (TPSA) is 61.4 Å². The quantitative estimate of drug-likeness (QED) is 0.710. The molecule has 0 aliphatic carbocycles. The molecule has 2 N–H and O–H groups in total. The number of carbonyl (C=O) groups is 2. The molecular formula is C22H24F3N3O2. The normalized spacial score (nSPS) is 15.4. The van der Waals surface area contributed by atoms with Gasteiger partial charge in [-0.2, -0.15) is 0 Å². The number of anilines is 1. The minimum atomic E-state index is -0.840. The SMILES string of the molecule is CC(C)C[C@H](C(=O)N[C@H](C)c1ccc(F)cc1F)N1Cc2cc(F)ccc2NC1=O. The summed E-state index contributed by atoms with van der Waals surface area (Å²) in [5, 5.41) is 5.40. The zero-order valence-corrected chi connectivity index (χ0v) is 17.0. The summed E-state index contributed by atoms with van der Waals surface area (Å²) in [5.74, 6) is -2.28. The third-order valence-electron chi connectivity index (χ3n) is 5.07. The van der Waals surface area contributed by atoms with E-state index in [2.05, 4.69) is 10.6 Å². The lowest BCUT2D eigenvalue weighted by atomic mass is 9.99. The van der Waals surface area contributed by atoms with Gasteiger partial charge in [0, 0.05) is 17.3 Å². The van der Waals surface area contributed by atoms with E-state index < -0.39 is 41.5 Å². The van der Waals surface area contributed by atoms with E-state index in [1.54, 1.807) is 6.92 Å². The van der Waals surface area contributed by atoms with Crippen LogP contribution in [-0.4, -0.2) is 22.9 Å². The molecule has 0 bridgehead atoms. The van der Waals surface area contributed by atoms with Gasteiger partial charge in [-0.25, -0.2) is 18.0 Å². The van der Waals surface area contributed by atoms with Gasteiger partial charge >= 0.3 is 6.03 Å². The lowest BCUT2D eigenvalue weighted by molar-refractivity contribution is -0.126. The highest BCUT2D eigenvalue weighted by Crippen LogP contribution is 2.28. The zero-order chi connectivity index (χ0) is 22.0. The van der Waals surface area contributed by atoms with Gasteiger partial charge in [-0.3, -0.25) is 4.79 Å². The summed E-state index contributed by atoms with van der Waals surface area (Å²) in [6.45, 7) is 5.49. The Hall–Kier alpha value is -3.03. The second-order valence-corrected chi connectivity index (χ2v) is 7.90. The van der Waals surface area contributed by atoms with E-state index in [1.165, 1.54) is 29.2 Å². The van der Waals surface area contributed by atoms with Crippen LogP contribution >= 0.6 is 0 Å². The third-order valence-corrected chi connectivity index (χ3v) is 5.07. The van der Waals surface area contributed by atoms with E-state index >= 15 is 0 Å². The van der Waals surface area contributed by atoms with E-state index in [0.29, 0.717) is 17.7 Å². The summed E-state index contributed by atoms with van der Waals surface area (Å²) in [6.07, 6.45) is 0.364. The van der Waals surface area contributed by atoms with E-state index in [0.717, 1.165) is 12.1 Å². The van der Waals surface area contributed by atoms with Crippen molar-refractivity contribution < 1.29 is 22.8 Å². The molecule has 0 spiro atoms. The number of halogens is 3. The number of rotatable bonds is 6. The van der Waals surface area contributed by atoms with Gasteiger partial charge in [-0.05, 0) is 49.1 Å². The van der Waals surface area contributed by atoms with Crippen LogP contribution in [0, 0.1) is 23.4 Å². The van der Waals surface area contributed by atoms with Crippen molar-refractivity contribution in [3.63, 3.8) is 0 Å². The molecule has 0 unspecified atom stereocenters. The highest BCUT2D eigenvalue weighted by Gasteiger charge is 2.34. The third kappa shape index (κ3) is 4.75. The fourth-order valence-electron chi connectivity index (χ4n) is 3.57. The lowest BCUT2D eigenvalue weighted by Crippen LogP contribution is -2.53. The molecule has 0 fully saturated rings. The zero-order valence-electron chi connectivity index (χ0n) is 17.0. The maximum absolute atomic E-state index is 14.1. The molecule has 2 atom stereocenters. The predicted molar refractivity (Wildman–Crippen MR) is 107 cm³/mol. The van der Waals surface area contributed by atoms with E-state index in [9.17, 15) is 22.8 Å². The van der Waals surface area contributed by atoms with Crippen LogP contribution < -0.4 is 10.6 Å². The maximum atomic E-state index is 14.1. The number of benzene rings is 2. The molecule has 8 heteroatoms. The van der Waals surface area contributed by atoms with Crippen molar-refractivity contribution in [2.75, 3.05) is 5.32 Å². The minimum absolute atomic E-state index is 0.0724. The van der Waals surface area contributed by atoms with Gasteiger partial charge in [0.2, 0.25) is 5.91 Å². The highest BCUT2D eigenvalue weighted by atomic mass is 19.1. The van der Waals surface area contributed by atoms with Crippen LogP contribution in [0.2, 0.25) is 0 Å². The molecule has 3 amide bonds. The van der Waals surface area contributed by atoms with Crippen LogP contribution in [-0.2, 0) is 11.3 Å². The van der Waals surface area contributed by atoms with Gasteiger partial charge in [0.05, 0.1) is 12.6 Å². The van der Waals surface area contributed by atoms with Crippen LogP contribution in [0.1, 0.15) is 44.4 Å². The molecule has 5 nitrogen and oxygen atoms in total. The minimum Gasteiger partial charge on any atom is -0.348 e. The molecule has 2 aromatic carbocycles. The summed E-state index contributed by atoms with van der Waals surface area (Å²) >= 11 is 0. The summed E-state index contributed by atoms with van der Waals surface area (Å²) in [4.78, 5) is 27.1. The second-order valence-electron chi connectivity index (χ2n) is 7.90. The second kappa shape index (κ2) is 8.77. The van der Waals surface area contributed by atoms with Crippen LogP contribution in [0.25, 0.3) is 0 Å². The molecule has 1 aliphatic heterocycles. The lowest BCUT2D eigenvalue weighted by Gasteiger charge is -2.36. The fourth-order valence-corrected chi connectivity index (χ4v) is 3.57. The molecule has 0 saturated heterocycles. The van der Waals surface area contributed by atoms with E-state index in [4.69, 9.17) is 0 Å². The first kappa shape index (κ1) is 21.7. The molecule has 2 aromatic rings. The van der Waals surface area contributed by atoms with E-state index in [-0.39, 0.29) is 18.0 Å². The fraction of sp³-hybridized carbons (Fsp3) is 0.364. The number of fused-ring (bicyclic) bond motifs is 1. The Morgan fingerprint density at radius 3 is 2.43 bits per heavy atom. The van der Waals surface area contributed by atoms with Crippen molar-refractivity contribution in [2.24, 2.45) is 5.92 Å². The van der Waals surface area contributed by atoms with Crippen LogP contribution in [0.5, 0.6) is 0 Å². The number of amides is 3. The van der Waals surface area contributed by atoms with Crippen molar-refractivity contribution in [1.29, 1.82) is 0 Å². The van der Waals surface area contributed by atoms with Crippen molar-refractivity contribution in [1.82, 2.24) is 10.2 Å². The Bertz CT molecular complexity index is 965. The Morgan fingerprint density at radius 2 is 1.77 bits per heavy atom. The summed E-state index contributed by atoms with van der Waals surface area (Å²) in [7, 11) is 0. The van der Waals surface area contributed by atoms with Gasteiger partial charge < -0.3 is 15.5 Å². The summed E-state index contributed by atoms with van der Waals surface area (Å²) in [5.41, 5.74) is 1.21. The summed E-state index contributed by atoms with van der Waals surface area (Å²) < 4.78 is 40.9. The molecule has 30 heavy (non-hydrogen) atoms. The number of nitrogens with one attached hydrogen (secondary N) is 2. The van der Waals surface area contributed by atoms with Crippen LogP contribution in [0.3, 0.4) is 0 Å². The van der Waals surface area contributed by atoms with Crippen molar-refractivity contribution in [3.05, 3.63) is 65.0 Å². The number of hydrogen-bond donors (Lipinski definition) is 2. The van der Waals surface area contributed by atoms with Crippen LogP contribution in [0.15, 0.2) is 36.4 Å². The molecule has 0 aromatic heterocycles. The van der Waals surface area contributed by atoms with Crippen molar-refractivity contribution in [2.45, 2.75) is 45.8 Å². The number of urea groups is 1. The first-order valence-corrected chi connectivity index (χ1v) is 9.77. The number of nitrogens with zero attached hydrogens (tertiary/aromatic N) is 1. The van der Waals surface area contributed by atoms with Gasteiger partial charge in [-0.1, -0.05) is 19.9 Å². The maximum Gasteiger partial charge on any atom is 0.322 e. The number of hydrogen-bond acceptors (Lipinski definition) is 2. The molecule has 3 rings (SSSR count). The molecule has 1 aliphatic rings. The molecular weight excluding hydrogens is 395 g/mol. The molecule has 1 heterocycles. The van der Waals surface area contributed by atoms with Crippen molar-refractivity contribution in [3.8, 4) is 0 Å². The Balaban J connectivity index is 1.83. The van der Waals surface area contributed by atoms with Gasteiger partial charge in [0.1, 0.15) is 23.5 Å². The molecule has 160 valence electrons. The smallest absolute Gasteiger partial charge is 0.322 e. The van der Waals surface area contributed by atoms with Gasteiger partial charge in [-0.15, -0.1) is 0 Å². The summed E-state index contributed by atoms with van der Waals surface area (Å²) in [6, 6.07) is 5.18. The van der Waals surface area contributed by atoms with Crippen LogP contribution in [0.4, 0.5) is 23.7 Å². The Kier molecular flexibility index (Phi) is 6.34. The van der Waals surface area contributed by atoms with E-state index in [1.807, 2.05) is 13.8 Å². The monoisotopic (exact) mass is 419 g/mol. The number of carbonyl (C=O) groups excluding carboxylic acids is 2. The first-order chi connectivity index (χ1) is 14.2. The molecule has 0 saturated carbocycles. The Morgan fingerprint density at radius 1 is 1.10 bits per heavy atom. The highest BCUT2D eigenvalue weighted by molar-refractivity contribution is 5.96. The average Bonchev–Trinajstić information content (AvgIpc) is 2.65. The van der Waals surface area contributed by atoms with Crippen molar-refractivity contribution >= 4 is 17.6 Å². The largest absolute Gasteiger partial charge is 0.348 e. The first-order valence-electron chi connectivity index (χ1n) is 9.77. The Labute approximate surface area is 173 Å². The average molecular weight is 419 g/mol. The van der Waals surface area contributed by atoms with Gasteiger partial charge in [0.25, 0.3) is 0 Å². The molecule has 0 radical (unpaired) electrons. The van der Waals surface area contributed by atoms with Gasteiger partial charge in [0.15, 0.2) is 0 Å².